The number of aliphatic carboxylic acids is 2. The van der Waals surface area contributed by atoms with Gasteiger partial charge in [-0.15, -0.1) is 11.3 Å². The number of nitrogens with zero attached hydrogens (tertiary/aromatic N) is 4. The van der Waals surface area contributed by atoms with E-state index >= 15 is 0 Å². The van der Waals surface area contributed by atoms with Gasteiger partial charge in [0.05, 0.1) is 16.3 Å². The molecule has 71 heavy (non-hydrogen) atoms. The summed E-state index contributed by atoms with van der Waals surface area (Å²) in [7, 11) is -0.433. The number of carbonyl (C=O) groups is 6. The van der Waals surface area contributed by atoms with Gasteiger partial charge in [-0.1, -0.05) is 47.5 Å². The molecule has 0 radical (unpaired) electrons. The fourth-order valence-corrected chi connectivity index (χ4v) is 12.7. The summed E-state index contributed by atoms with van der Waals surface area (Å²) in [5.41, 5.74) is 1.15. The van der Waals surface area contributed by atoms with Crippen LogP contribution < -0.4 is 24.8 Å². The Kier molecular flexibility index (Phi) is 19.2. The van der Waals surface area contributed by atoms with Crippen molar-refractivity contribution in [2.24, 2.45) is 0 Å². The Bertz CT molecular complexity index is 2800. The molecule has 2 fully saturated rings. The minimum atomic E-state index is -4.10. The minimum Gasteiger partial charge on any atom is -0.497 e. The minimum absolute atomic E-state index is 0.0100. The average molecular weight is 1080 g/mol. The van der Waals surface area contributed by atoms with Crippen LogP contribution in [0.3, 0.4) is 0 Å². The standard InChI is InChI=1S/C24H29N3O8S.C21H23Cl2N3O7S2/c1-26(2)24(31)35-18-8-6-16(7-9-18)15-20(23(29)30)25-22(28)21-5-4-14-27(21)36(32,33)19-12-10-17(34-3)11-13-19;1-25(2)21(30)33-13-7-5-12(6-8-13)10-14(20(28)29)24-19(27)15-4-3-9-26(15)35(31,32)16-11-17(22)34-18(16)23/h6-13,20-21H,4-5,14-15H2,1-3H3,(H,25,28)(H,29,30);5-8,11,14-15H,3-4,9-10H2,1-2H3,(H,24,27)(H,28,29)/t20-,21-;14-,15-/m00/s1. The third-order valence-electron chi connectivity index (χ3n) is 11.0. The monoisotopic (exact) mass is 1080 g/mol. The lowest BCUT2D eigenvalue weighted by atomic mass is 10.1. The quantitative estimate of drug-likeness (QED) is 0.111. The molecule has 0 saturated carbocycles. The smallest absolute Gasteiger partial charge is 0.414 e. The van der Waals surface area contributed by atoms with Gasteiger partial charge < -0.3 is 44.9 Å². The normalized spacial score (nSPS) is 16.9. The van der Waals surface area contributed by atoms with E-state index in [9.17, 15) is 55.8 Å². The highest BCUT2D eigenvalue weighted by molar-refractivity contribution is 7.89. The molecule has 0 spiro atoms. The number of hydrogen-bond acceptors (Lipinski definition) is 14. The first-order valence-electron chi connectivity index (χ1n) is 21.6. The van der Waals surface area contributed by atoms with Crippen LogP contribution in [0.25, 0.3) is 0 Å². The number of hydrogen-bond donors (Lipinski definition) is 4. The van der Waals surface area contributed by atoms with Crippen LogP contribution >= 0.6 is 34.5 Å². The first-order valence-corrected chi connectivity index (χ1v) is 26.0. The van der Waals surface area contributed by atoms with Crippen molar-refractivity contribution in [1.82, 2.24) is 29.0 Å². The third kappa shape index (κ3) is 14.5. The number of rotatable bonds is 17. The second-order valence-corrected chi connectivity index (χ2v) is 22.5. The SMILES string of the molecule is CN(C)C(=O)Oc1ccc(C[C@H](NC(=O)[C@@H]2CCCN2S(=O)(=O)c2cc(Cl)sc2Cl)C(=O)O)cc1.COc1ccc(S(=O)(=O)N2CCC[C@H]2C(=O)N[C@@H](Cc2ccc(OC(=O)N(C)C)cc2)C(=O)O)cc1. The number of sulfonamides is 2. The molecule has 4 atom stereocenters. The second-order valence-electron chi connectivity index (χ2n) is 16.4. The molecule has 0 bridgehead atoms. The molecular formula is C45H52Cl2N6O15S3. The molecule has 384 valence electrons. The number of methoxy groups -OCH3 is 1. The lowest BCUT2D eigenvalue weighted by Crippen LogP contribution is -2.51. The van der Waals surface area contributed by atoms with Crippen LogP contribution in [0.15, 0.2) is 88.7 Å². The molecule has 26 heteroatoms. The van der Waals surface area contributed by atoms with Crippen LogP contribution in [0.4, 0.5) is 9.59 Å². The van der Waals surface area contributed by atoms with Crippen molar-refractivity contribution >= 4 is 90.5 Å². The lowest BCUT2D eigenvalue weighted by molar-refractivity contribution is -0.142. The van der Waals surface area contributed by atoms with Crippen LogP contribution in [0.1, 0.15) is 36.8 Å². The Morgan fingerprint density at radius 1 is 0.662 bits per heavy atom. The fraction of sp³-hybridized carbons (Fsp3) is 0.378. The van der Waals surface area contributed by atoms with E-state index in [1.165, 1.54) is 85.6 Å². The summed E-state index contributed by atoms with van der Waals surface area (Å²) in [6.07, 6.45) is 0.198. The van der Waals surface area contributed by atoms with E-state index < -0.39 is 80.2 Å². The van der Waals surface area contributed by atoms with Crippen LogP contribution in [-0.4, -0.2) is 154 Å². The van der Waals surface area contributed by atoms with E-state index in [2.05, 4.69) is 10.6 Å². The van der Waals surface area contributed by atoms with Crippen LogP contribution in [-0.2, 0) is 52.1 Å². The summed E-state index contributed by atoms with van der Waals surface area (Å²) in [5.74, 6) is -2.85. The van der Waals surface area contributed by atoms with Gasteiger partial charge in [0.25, 0.3) is 0 Å². The Balaban J connectivity index is 0.000000264. The predicted molar refractivity (Wildman–Crippen MR) is 260 cm³/mol. The van der Waals surface area contributed by atoms with Crippen molar-refractivity contribution in [3.8, 4) is 17.2 Å². The molecule has 2 saturated heterocycles. The summed E-state index contributed by atoms with van der Waals surface area (Å²) in [4.78, 5) is 75.4. The predicted octanol–water partition coefficient (Wildman–Crippen LogP) is 4.80. The highest BCUT2D eigenvalue weighted by Crippen LogP contribution is 2.38. The molecule has 0 unspecified atom stereocenters. The van der Waals surface area contributed by atoms with Crippen molar-refractivity contribution in [3.05, 3.63) is 98.7 Å². The van der Waals surface area contributed by atoms with E-state index in [1.807, 2.05) is 0 Å². The van der Waals surface area contributed by atoms with Gasteiger partial charge >= 0.3 is 24.1 Å². The summed E-state index contributed by atoms with van der Waals surface area (Å²) < 4.78 is 70.2. The number of thiophene rings is 1. The number of nitrogens with one attached hydrogen (secondary N) is 2. The van der Waals surface area contributed by atoms with Gasteiger partial charge in [0, 0.05) is 54.1 Å². The van der Waals surface area contributed by atoms with Crippen molar-refractivity contribution in [2.75, 3.05) is 48.4 Å². The first kappa shape index (κ1) is 55.9. The highest BCUT2D eigenvalue weighted by Gasteiger charge is 2.43. The lowest BCUT2D eigenvalue weighted by Gasteiger charge is -2.25. The Morgan fingerprint density at radius 2 is 1.06 bits per heavy atom. The molecule has 3 heterocycles. The van der Waals surface area contributed by atoms with E-state index in [1.54, 1.807) is 38.4 Å². The molecule has 2 aliphatic rings. The number of carboxylic acids is 2. The van der Waals surface area contributed by atoms with Gasteiger partial charge in [-0.25, -0.2) is 36.0 Å². The molecule has 2 aliphatic heterocycles. The van der Waals surface area contributed by atoms with Crippen molar-refractivity contribution < 1.29 is 70.0 Å². The Labute approximate surface area is 424 Å². The topological polar surface area (TPSA) is 276 Å². The fourth-order valence-electron chi connectivity index (χ4n) is 7.27. The van der Waals surface area contributed by atoms with E-state index in [4.69, 9.17) is 37.4 Å². The maximum atomic E-state index is 13.2. The second kappa shape index (κ2) is 24.4. The number of amides is 4. The molecule has 4 N–H and O–H groups in total. The molecule has 4 aromatic rings. The zero-order valence-corrected chi connectivity index (χ0v) is 42.9. The molecule has 0 aliphatic carbocycles. The largest absolute Gasteiger partial charge is 0.497 e. The van der Waals surface area contributed by atoms with Crippen LogP contribution in [0.2, 0.25) is 8.67 Å². The first-order chi connectivity index (χ1) is 33.4. The molecule has 1 aromatic heterocycles. The maximum Gasteiger partial charge on any atom is 0.414 e. The summed E-state index contributed by atoms with van der Waals surface area (Å²) in [6, 6.07) is 14.8. The van der Waals surface area contributed by atoms with Gasteiger partial charge in [0.2, 0.25) is 31.9 Å². The van der Waals surface area contributed by atoms with E-state index in [0.717, 1.165) is 19.9 Å². The van der Waals surface area contributed by atoms with Gasteiger partial charge in [0.1, 0.15) is 50.6 Å². The van der Waals surface area contributed by atoms with Crippen molar-refractivity contribution in [2.45, 2.75) is 72.5 Å². The molecule has 21 nitrogen and oxygen atoms in total. The molecule has 4 amide bonds. The molecule has 6 rings (SSSR count). The number of benzene rings is 3. The maximum absolute atomic E-state index is 13.2. The Hall–Kier alpha value is -6.02. The number of carbonyl (C=O) groups excluding carboxylic acids is 4. The van der Waals surface area contributed by atoms with Gasteiger partial charge in [-0.3, -0.25) is 9.59 Å². The molecular weight excluding hydrogens is 1030 g/mol. The zero-order valence-electron chi connectivity index (χ0n) is 38.9. The summed E-state index contributed by atoms with van der Waals surface area (Å²) >= 11 is 12.8. The third-order valence-corrected chi connectivity index (χ3v) is 16.6. The summed E-state index contributed by atoms with van der Waals surface area (Å²) in [5, 5.41) is 24.3. The number of halogens is 2. The van der Waals surface area contributed by atoms with Crippen molar-refractivity contribution in [1.29, 1.82) is 0 Å². The Morgan fingerprint density at radius 3 is 1.41 bits per heavy atom. The highest BCUT2D eigenvalue weighted by atomic mass is 35.5. The van der Waals surface area contributed by atoms with E-state index in [-0.39, 0.29) is 63.0 Å². The summed E-state index contributed by atoms with van der Waals surface area (Å²) in [6.45, 7) is 0.242. The molecule has 3 aromatic carbocycles. The van der Waals surface area contributed by atoms with Gasteiger partial charge in [-0.2, -0.15) is 8.61 Å². The van der Waals surface area contributed by atoms with Gasteiger partial charge in [0.15, 0.2) is 0 Å². The number of carboxylic acid groups (broad SMARTS) is 2. The van der Waals surface area contributed by atoms with E-state index in [0.29, 0.717) is 35.5 Å². The van der Waals surface area contributed by atoms with Crippen LogP contribution in [0.5, 0.6) is 17.2 Å². The van der Waals surface area contributed by atoms with Gasteiger partial charge in [-0.05, 0) is 91.4 Å². The van der Waals surface area contributed by atoms with Crippen LogP contribution in [0, 0.1) is 0 Å². The van der Waals surface area contributed by atoms with Crippen molar-refractivity contribution in [3.63, 3.8) is 0 Å². The number of ether oxygens (including phenoxy) is 3. The average Bonchev–Trinajstić information content (AvgIpc) is 4.11. The zero-order chi connectivity index (χ0) is 52.4.